The molecule has 0 bridgehead atoms. The number of hydrogen-bond acceptors (Lipinski definition) is 3. The van der Waals surface area contributed by atoms with Gasteiger partial charge in [0.1, 0.15) is 6.29 Å². The third-order valence-electron chi connectivity index (χ3n) is 4.04. The fourth-order valence-electron chi connectivity index (χ4n) is 2.41. The predicted octanol–water partition coefficient (Wildman–Crippen LogP) is 5.96. The Labute approximate surface area is 175 Å². The lowest BCUT2D eigenvalue weighted by atomic mass is 10.0. The lowest BCUT2D eigenvalue weighted by Gasteiger charge is -2.16. The minimum absolute atomic E-state index is 0.0839. The monoisotopic (exact) mass is 442 g/mol. The molecule has 1 amide bonds. The van der Waals surface area contributed by atoms with Crippen LogP contribution in [0.25, 0.3) is 0 Å². The average Bonchev–Trinajstić information content (AvgIpc) is 2.66. The maximum Gasteiger partial charge on any atom is 0.224 e. The molecule has 2 N–H and O–H groups in total. The lowest BCUT2D eigenvalue weighted by Crippen LogP contribution is -2.26. The molecule has 1 aromatic rings. The molecular weight excluding hydrogens is 404 g/mol. The first-order valence-electron chi connectivity index (χ1n) is 9.86. The van der Waals surface area contributed by atoms with Gasteiger partial charge in [-0.05, 0) is 57.4 Å². The second kappa shape index (κ2) is 15.8. The number of nitrogens with one attached hydrogen (secondary N) is 2. The van der Waals surface area contributed by atoms with Gasteiger partial charge < -0.3 is 15.4 Å². The third kappa shape index (κ3) is 11.3. The van der Waals surface area contributed by atoms with Gasteiger partial charge in [0, 0.05) is 28.5 Å². The molecular formula is C22H39BrN2O2. The zero-order valence-electron chi connectivity index (χ0n) is 18.6. The summed E-state index contributed by atoms with van der Waals surface area (Å²) in [6, 6.07) is 2.50. The molecule has 1 unspecified atom stereocenters. The van der Waals surface area contributed by atoms with Crippen molar-refractivity contribution >= 4 is 33.8 Å². The number of hydrogen-bond donors (Lipinski definition) is 2. The van der Waals surface area contributed by atoms with Gasteiger partial charge in [-0.3, -0.25) is 4.79 Å². The SMILES string of the molecule is CC.CC(C)C=O.CCC(CCC(=O)Nc1c(C)cc(C)c(Br)c1C)NC. The van der Waals surface area contributed by atoms with Crippen molar-refractivity contribution in [3.05, 3.63) is 27.2 Å². The molecule has 27 heavy (non-hydrogen) atoms. The summed E-state index contributed by atoms with van der Waals surface area (Å²) in [5.74, 6) is 0.288. The summed E-state index contributed by atoms with van der Waals surface area (Å²) in [7, 11) is 1.94. The Kier molecular flexibility index (Phi) is 16.4. The Hall–Kier alpha value is -1.20. The van der Waals surface area contributed by atoms with Crippen LogP contribution in [0.5, 0.6) is 0 Å². The van der Waals surface area contributed by atoms with Gasteiger partial charge in [-0.1, -0.05) is 56.6 Å². The Morgan fingerprint density at radius 3 is 2.11 bits per heavy atom. The van der Waals surface area contributed by atoms with E-state index in [9.17, 15) is 9.59 Å². The summed E-state index contributed by atoms with van der Waals surface area (Å²) in [5.41, 5.74) is 4.33. The first-order chi connectivity index (χ1) is 12.7. The number of rotatable bonds is 7. The van der Waals surface area contributed by atoms with E-state index in [-0.39, 0.29) is 11.8 Å². The maximum atomic E-state index is 12.1. The summed E-state index contributed by atoms with van der Waals surface area (Å²) in [6.07, 6.45) is 3.37. The molecule has 0 aromatic heterocycles. The van der Waals surface area contributed by atoms with Crippen LogP contribution in [0.4, 0.5) is 5.69 Å². The van der Waals surface area contributed by atoms with Gasteiger partial charge in [0.25, 0.3) is 0 Å². The Bertz CT molecular complexity index is 568. The number of aryl methyl sites for hydroxylation is 2. The number of halogens is 1. The number of amides is 1. The summed E-state index contributed by atoms with van der Waals surface area (Å²) in [6.45, 7) is 16.0. The predicted molar refractivity (Wildman–Crippen MR) is 122 cm³/mol. The topological polar surface area (TPSA) is 58.2 Å². The molecule has 4 nitrogen and oxygen atoms in total. The highest BCUT2D eigenvalue weighted by molar-refractivity contribution is 9.10. The van der Waals surface area contributed by atoms with E-state index in [1.807, 2.05) is 48.6 Å². The minimum Gasteiger partial charge on any atom is -0.326 e. The highest BCUT2D eigenvalue weighted by Gasteiger charge is 2.13. The van der Waals surface area contributed by atoms with Crippen molar-refractivity contribution in [1.29, 1.82) is 0 Å². The molecule has 1 aromatic carbocycles. The Balaban J connectivity index is 0. The average molecular weight is 443 g/mol. The van der Waals surface area contributed by atoms with Crippen LogP contribution in [0.15, 0.2) is 10.5 Å². The Morgan fingerprint density at radius 1 is 1.19 bits per heavy atom. The largest absolute Gasteiger partial charge is 0.326 e. The van der Waals surface area contributed by atoms with Gasteiger partial charge in [-0.2, -0.15) is 0 Å². The first-order valence-corrected chi connectivity index (χ1v) is 10.7. The second-order valence-corrected chi connectivity index (χ2v) is 7.48. The lowest BCUT2D eigenvalue weighted by molar-refractivity contribution is -0.116. The molecule has 0 aliphatic rings. The third-order valence-corrected chi connectivity index (χ3v) is 5.26. The fraction of sp³-hybridized carbons (Fsp3) is 0.636. The van der Waals surface area contributed by atoms with Gasteiger partial charge >= 0.3 is 0 Å². The zero-order valence-corrected chi connectivity index (χ0v) is 20.2. The van der Waals surface area contributed by atoms with Gasteiger partial charge in [0.15, 0.2) is 0 Å². The van der Waals surface area contributed by atoms with Crippen LogP contribution in [0.2, 0.25) is 0 Å². The van der Waals surface area contributed by atoms with E-state index in [1.165, 1.54) is 5.56 Å². The van der Waals surface area contributed by atoms with Crippen molar-refractivity contribution in [3.8, 4) is 0 Å². The van der Waals surface area contributed by atoms with Crippen LogP contribution in [-0.4, -0.2) is 25.3 Å². The maximum absolute atomic E-state index is 12.1. The highest BCUT2D eigenvalue weighted by Crippen LogP contribution is 2.30. The number of carbonyl (C=O) groups is 2. The molecule has 0 fully saturated rings. The van der Waals surface area contributed by atoms with Gasteiger partial charge in [-0.15, -0.1) is 0 Å². The molecule has 0 saturated heterocycles. The molecule has 0 aliphatic heterocycles. The van der Waals surface area contributed by atoms with Crippen LogP contribution in [-0.2, 0) is 9.59 Å². The summed E-state index contributed by atoms with van der Waals surface area (Å²) >= 11 is 3.58. The Morgan fingerprint density at radius 2 is 1.70 bits per heavy atom. The summed E-state index contributed by atoms with van der Waals surface area (Å²) < 4.78 is 1.07. The molecule has 0 aliphatic carbocycles. The molecule has 0 saturated carbocycles. The second-order valence-electron chi connectivity index (χ2n) is 6.69. The van der Waals surface area contributed by atoms with Crippen LogP contribution >= 0.6 is 15.9 Å². The molecule has 0 radical (unpaired) electrons. The van der Waals surface area contributed by atoms with Crippen molar-refractivity contribution in [2.24, 2.45) is 5.92 Å². The van der Waals surface area contributed by atoms with Gasteiger partial charge in [0.2, 0.25) is 5.91 Å². The first kappa shape index (κ1) is 28.0. The molecule has 0 heterocycles. The van der Waals surface area contributed by atoms with E-state index in [4.69, 9.17) is 0 Å². The van der Waals surface area contributed by atoms with Gasteiger partial charge in [-0.25, -0.2) is 0 Å². The molecule has 1 rings (SSSR count). The molecule has 156 valence electrons. The van der Waals surface area contributed by atoms with E-state index in [0.717, 1.165) is 40.4 Å². The fourth-order valence-corrected chi connectivity index (χ4v) is 2.73. The molecule has 1 atom stereocenters. The van der Waals surface area contributed by atoms with E-state index >= 15 is 0 Å². The summed E-state index contributed by atoms with van der Waals surface area (Å²) in [5, 5.41) is 6.28. The smallest absolute Gasteiger partial charge is 0.224 e. The van der Waals surface area contributed by atoms with Crippen molar-refractivity contribution in [3.63, 3.8) is 0 Å². The van der Waals surface area contributed by atoms with Crippen LogP contribution < -0.4 is 10.6 Å². The normalized spacial score (nSPS) is 10.9. The minimum atomic E-state index is 0.0839. The molecule has 5 heteroatoms. The van der Waals surface area contributed by atoms with E-state index < -0.39 is 0 Å². The highest BCUT2D eigenvalue weighted by atomic mass is 79.9. The van der Waals surface area contributed by atoms with E-state index in [0.29, 0.717) is 12.5 Å². The molecule has 0 spiro atoms. The number of carbonyl (C=O) groups excluding carboxylic acids is 2. The van der Waals surface area contributed by atoms with Crippen molar-refractivity contribution in [1.82, 2.24) is 5.32 Å². The van der Waals surface area contributed by atoms with Crippen molar-refractivity contribution < 1.29 is 9.59 Å². The van der Waals surface area contributed by atoms with Crippen molar-refractivity contribution in [2.45, 2.75) is 80.7 Å². The van der Waals surface area contributed by atoms with E-state index in [1.54, 1.807) is 0 Å². The van der Waals surface area contributed by atoms with Crippen LogP contribution in [0.1, 0.15) is 70.6 Å². The van der Waals surface area contributed by atoms with Crippen LogP contribution in [0, 0.1) is 26.7 Å². The summed E-state index contributed by atoms with van der Waals surface area (Å²) in [4.78, 5) is 21.6. The van der Waals surface area contributed by atoms with Crippen LogP contribution in [0.3, 0.4) is 0 Å². The van der Waals surface area contributed by atoms with Crippen molar-refractivity contribution in [2.75, 3.05) is 12.4 Å². The number of benzene rings is 1. The standard InChI is InChI=1S/C16H25BrN2O.C4H8O.C2H6/c1-6-13(18-5)7-8-14(20)19-16-11(3)9-10(2)15(17)12(16)4;1-4(2)3-5;1-2/h9,13,18H,6-8H2,1-5H3,(H,19,20);3-4H,1-2H3;1-2H3. The quantitative estimate of drug-likeness (QED) is 0.512. The van der Waals surface area contributed by atoms with E-state index in [2.05, 4.69) is 46.5 Å². The van der Waals surface area contributed by atoms with Gasteiger partial charge in [0.05, 0.1) is 0 Å². The number of anilines is 1. The number of aldehydes is 1. The zero-order chi connectivity index (χ0) is 21.6.